The summed E-state index contributed by atoms with van der Waals surface area (Å²) in [4.78, 5) is 15.0. The maximum absolute atomic E-state index is 14.5. The monoisotopic (exact) mass is 330 g/mol. The molecule has 0 amide bonds. The molecule has 4 rings (SSSR count). The van der Waals surface area contributed by atoms with Crippen molar-refractivity contribution in [3.8, 4) is 6.07 Å². The lowest BCUT2D eigenvalue weighted by Crippen LogP contribution is -2.26. The Hall–Kier alpha value is -3.19. The van der Waals surface area contributed by atoms with Gasteiger partial charge in [-0.3, -0.25) is 4.79 Å². The van der Waals surface area contributed by atoms with E-state index in [4.69, 9.17) is 0 Å². The number of ketones is 1. The highest BCUT2D eigenvalue weighted by Crippen LogP contribution is 2.49. The van der Waals surface area contributed by atoms with Crippen molar-refractivity contribution in [3.05, 3.63) is 87.9 Å². The molecule has 1 atom stereocenters. The third kappa shape index (κ3) is 1.99. The van der Waals surface area contributed by atoms with Crippen LogP contribution in [0.3, 0.4) is 0 Å². The van der Waals surface area contributed by atoms with Crippen LogP contribution in [-0.4, -0.2) is 17.7 Å². The first kappa shape index (κ1) is 15.3. The molecule has 1 aliphatic carbocycles. The second-order valence-electron chi connectivity index (χ2n) is 6.26. The van der Waals surface area contributed by atoms with Crippen molar-refractivity contribution in [2.75, 3.05) is 7.05 Å². The van der Waals surface area contributed by atoms with Gasteiger partial charge in [-0.2, -0.15) is 5.26 Å². The van der Waals surface area contributed by atoms with E-state index in [-0.39, 0.29) is 5.78 Å². The van der Waals surface area contributed by atoms with Gasteiger partial charge < -0.3 is 4.90 Å². The lowest BCUT2D eigenvalue weighted by atomic mass is 9.79. The maximum Gasteiger partial charge on any atom is 0.192 e. The molecule has 0 radical (unpaired) electrons. The number of rotatable bonds is 1. The van der Waals surface area contributed by atoms with Crippen LogP contribution in [0.15, 0.2) is 65.4 Å². The highest BCUT2D eigenvalue weighted by atomic mass is 19.1. The Labute approximate surface area is 145 Å². The second kappa shape index (κ2) is 5.42. The van der Waals surface area contributed by atoms with Gasteiger partial charge in [0, 0.05) is 35.0 Å². The molecule has 122 valence electrons. The SMILES string of the molecule is CC1=C(C#N)C(c2ccccc2F)C2=C(c3ccccc3C2=O)N1C. The molecule has 2 aromatic carbocycles. The number of nitriles is 1. The zero-order valence-corrected chi connectivity index (χ0v) is 13.9. The number of halogens is 1. The van der Waals surface area contributed by atoms with Crippen molar-refractivity contribution >= 4 is 11.5 Å². The second-order valence-corrected chi connectivity index (χ2v) is 6.26. The highest BCUT2D eigenvalue weighted by molar-refractivity contribution is 6.22. The van der Waals surface area contributed by atoms with Crippen molar-refractivity contribution in [1.82, 2.24) is 4.90 Å². The third-order valence-corrected chi connectivity index (χ3v) is 5.07. The normalized spacial score (nSPS) is 19.0. The number of Topliss-reactive ketones (excluding diaryl/α,β-unsaturated/α-hetero) is 1. The molecule has 1 unspecified atom stereocenters. The van der Waals surface area contributed by atoms with Crippen LogP contribution in [0, 0.1) is 17.1 Å². The first-order valence-electron chi connectivity index (χ1n) is 8.03. The largest absolute Gasteiger partial charge is 0.347 e. The summed E-state index contributed by atoms with van der Waals surface area (Å²) in [5.41, 5.74) is 4.20. The molecule has 25 heavy (non-hydrogen) atoms. The van der Waals surface area contributed by atoms with Crippen LogP contribution in [0.2, 0.25) is 0 Å². The Bertz CT molecular complexity index is 1030. The fraction of sp³-hybridized carbons (Fsp3) is 0.143. The fourth-order valence-electron chi connectivity index (χ4n) is 3.78. The van der Waals surface area contributed by atoms with Gasteiger partial charge in [-0.1, -0.05) is 42.5 Å². The minimum Gasteiger partial charge on any atom is -0.347 e. The summed E-state index contributed by atoms with van der Waals surface area (Å²) in [6.07, 6.45) is 0. The molecule has 0 bridgehead atoms. The van der Waals surface area contributed by atoms with Gasteiger partial charge in [-0.15, -0.1) is 0 Å². The van der Waals surface area contributed by atoms with E-state index in [1.807, 2.05) is 37.1 Å². The Kier molecular flexibility index (Phi) is 3.33. The fourth-order valence-corrected chi connectivity index (χ4v) is 3.78. The molecule has 1 aliphatic heterocycles. The van der Waals surface area contributed by atoms with E-state index in [0.717, 1.165) is 17.0 Å². The van der Waals surface area contributed by atoms with Crippen LogP contribution in [0.4, 0.5) is 4.39 Å². The molecule has 2 aliphatic rings. The zero-order valence-electron chi connectivity index (χ0n) is 13.9. The maximum atomic E-state index is 14.5. The van der Waals surface area contributed by atoms with Crippen LogP contribution in [0.5, 0.6) is 0 Å². The molecular formula is C21H15FN2O. The van der Waals surface area contributed by atoms with Crippen LogP contribution < -0.4 is 0 Å². The summed E-state index contributed by atoms with van der Waals surface area (Å²) >= 11 is 0. The van der Waals surface area contributed by atoms with Gasteiger partial charge in [0.1, 0.15) is 5.82 Å². The van der Waals surface area contributed by atoms with Gasteiger partial charge in [0.05, 0.1) is 23.3 Å². The standard InChI is InChI=1S/C21H15FN2O/c1-12-16(11-23)18(15-9-5-6-10-17(15)22)19-20(24(12)2)13-7-3-4-8-14(13)21(19)25/h3-10,18H,1-2H3. The predicted octanol–water partition coefficient (Wildman–Crippen LogP) is 4.26. The number of hydrogen-bond donors (Lipinski definition) is 0. The molecule has 0 spiro atoms. The van der Waals surface area contributed by atoms with Crippen LogP contribution in [0.1, 0.15) is 34.3 Å². The van der Waals surface area contributed by atoms with Gasteiger partial charge >= 0.3 is 0 Å². The Morgan fingerprint density at radius 2 is 1.72 bits per heavy atom. The van der Waals surface area contributed by atoms with Crippen LogP contribution in [0.25, 0.3) is 5.70 Å². The molecule has 1 heterocycles. The van der Waals surface area contributed by atoms with Crippen molar-refractivity contribution in [1.29, 1.82) is 5.26 Å². The minimum absolute atomic E-state index is 0.133. The van der Waals surface area contributed by atoms with E-state index in [1.165, 1.54) is 6.07 Å². The van der Waals surface area contributed by atoms with E-state index in [0.29, 0.717) is 22.3 Å². The van der Waals surface area contributed by atoms with Gasteiger partial charge in [0.2, 0.25) is 0 Å². The van der Waals surface area contributed by atoms with E-state index in [1.54, 1.807) is 24.3 Å². The van der Waals surface area contributed by atoms with Crippen molar-refractivity contribution in [2.24, 2.45) is 0 Å². The smallest absolute Gasteiger partial charge is 0.192 e. The number of carbonyl (C=O) groups is 1. The van der Waals surface area contributed by atoms with E-state index < -0.39 is 11.7 Å². The number of allylic oxidation sites excluding steroid dienone is 3. The van der Waals surface area contributed by atoms with E-state index >= 15 is 0 Å². The Balaban J connectivity index is 2.04. The average molecular weight is 330 g/mol. The molecule has 4 heteroatoms. The molecule has 2 aromatic rings. The van der Waals surface area contributed by atoms with E-state index in [2.05, 4.69) is 6.07 Å². The van der Waals surface area contributed by atoms with Crippen LogP contribution in [-0.2, 0) is 0 Å². The highest BCUT2D eigenvalue weighted by Gasteiger charge is 2.43. The number of hydrogen-bond acceptors (Lipinski definition) is 3. The minimum atomic E-state index is -0.683. The first-order chi connectivity index (χ1) is 12.1. The molecule has 0 N–H and O–H groups in total. The summed E-state index contributed by atoms with van der Waals surface area (Å²) in [5, 5.41) is 9.73. The molecule has 0 fully saturated rings. The summed E-state index contributed by atoms with van der Waals surface area (Å²) in [6, 6.07) is 15.9. The quantitative estimate of drug-likeness (QED) is 0.785. The van der Waals surface area contributed by atoms with E-state index in [9.17, 15) is 14.4 Å². The molecular weight excluding hydrogens is 315 g/mol. The zero-order chi connectivity index (χ0) is 17.7. The molecule has 0 saturated carbocycles. The molecule has 3 nitrogen and oxygen atoms in total. The van der Waals surface area contributed by atoms with Crippen molar-refractivity contribution < 1.29 is 9.18 Å². The predicted molar refractivity (Wildman–Crippen MR) is 92.9 cm³/mol. The first-order valence-corrected chi connectivity index (χ1v) is 8.03. The van der Waals surface area contributed by atoms with Crippen molar-refractivity contribution in [2.45, 2.75) is 12.8 Å². The number of nitrogens with zero attached hydrogens (tertiary/aromatic N) is 2. The molecule has 0 saturated heterocycles. The van der Waals surface area contributed by atoms with Gasteiger partial charge in [0.25, 0.3) is 0 Å². The number of benzene rings is 2. The summed E-state index contributed by atoms with van der Waals surface area (Å²) in [6.45, 7) is 1.83. The van der Waals surface area contributed by atoms with Crippen molar-refractivity contribution in [3.63, 3.8) is 0 Å². The summed E-state index contributed by atoms with van der Waals surface area (Å²) in [5.74, 6) is -1.23. The number of fused-ring (bicyclic) bond motifs is 2. The topological polar surface area (TPSA) is 44.1 Å². The van der Waals surface area contributed by atoms with Crippen LogP contribution >= 0.6 is 0 Å². The lowest BCUT2D eigenvalue weighted by Gasteiger charge is -2.33. The van der Waals surface area contributed by atoms with Gasteiger partial charge in [-0.05, 0) is 13.0 Å². The number of carbonyl (C=O) groups excluding carboxylic acids is 1. The summed E-state index contributed by atoms with van der Waals surface area (Å²) in [7, 11) is 1.84. The summed E-state index contributed by atoms with van der Waals surface area (Å²) < 4.78 is 14.5. The molecule has 0 aromatic heterocycles. The Morgan fingerprint density at radius 3 is 2.40 bits per heavy atom. The average Bonchev–Trinajstić information content (AvgIpc) is 2.92. The third-order valence-electron chi connectivity index (χ3n) is 5.07. The van der Waals surface area contributed by atoms with Gasteiger partial charge in [0.15, 0.2) is 5.78 Å². The Morgan fingerprint density at radius 1 is 1.08 bits per heavy atom. The lowest BCUT2D eigenvalue weighted by molar-refractivity contribution is 0.103. The van der Waals surface area contributed by atoms with Gasteiger partial charge in [-0.25, -0.2) is 4.39 Å².